The standard InChI is InChI=1S/C23H23F3N2O5/c1-2-32-22(31)33-19-10-6-17(7-11-19)21(30)28-13-3-12-27(14-15-28)20(29)16-4-8-18(9-5-16)23(24,25)26/h4-11H,2-3,12-15H2,1H3. The normalized spacial score (nSPS) is 14.4. The van der Waals surface area contributed by atoms with E-state index in [0.29, 0.717) is 25.1 Å². The molecule has 176 valence electrons. The summed E-state index contributed by atoms with van der Waals surface area (Å²) in [5.74, 6) is -0.366. The fourth-order valence-electron chi connectivity index (χ4n) is 3.40. The zero-order chi connectivity index (χ0) is 24.0. The first-order valence-corrected chi connectivity index (χ1v) is 10.4. The number of benzene rings is 2. The Balaban J connectivity index is 1.59. The summed E-state index contributed by atoms with van der Waals surface area (Å²) in [6.07, 6.45) is -4.77. The molecule has 0 aromatic heterocycles. The Morgan fingerprint density at radius 2 is 1.30 bits per heavy atom. The second-order valence-corrected chi connectivity index (χ2v) is 7.32. The smallest absolute Gasteiger partial charge is 0.434 e. The average Bonchev–Trinajstić information content (AvgIpc) is 3.05. The molecule has 2 amide bonds. The van der Waals surface area contributed by atoms with E-state index >= 15 is 0 Å². The molecular formula is C23H23F3N2O5. The molecule has 33 heavy (non-hydrogen) atoms. The minimum atomic E-state index is -4.46. The molecular weight excluding hydrogens is 441 g/mol. The summed E-state index contributed by atoms with van der Waals surface area (Å²) in [4.78, 5) is 40.1. The van der Waals surface area contributed by atoms with Gasteiger partial charge in [0, 0.05) is 37.3 Å². The molecule has 0 bridgehead atoms. The monoisotopic (exact) mass is 464 g/mol. The van der Waals surface area contributed by atoms with E-state index in [2.05, 4.69) is 0 Å². The Hall–Kier alpha value is -3.56. The minimum Gasteiger partial charge on any atom is -0.434 e. The first-order valence-electron chi connectivity index (χ1n) is 10.4. The summed E-state index contributed by atoms with van der Waals surface area (Å²) in [5, 5.41) is 0. The lowest BCUT2D eigenvalue weighted by Crippen LogP contribution is -2.37. The van der Waals surface area contributed by atoms with Crippen LogP contribution in [0.25, 0.3) is 0 Å². The Morgan fingerprint density at radius 3 is 1.76 bits per heavy atom. The third kappa shape index (κ3) is 6.24. The largest absolute Gasteiger partial charge is 0.513 e. The number of hydrogen-bond donors (Lipinski definition) is 0. The van der Waals surface area contributed by atoms with Gasteiger partial charge in [0.25, 0.3) is 11.8 Å². The van der Waals surface area contributed by atoms with Crippen LogP contribution in [-0.4, -0.2) is 60.6 Å². The minimum absolute atomic E-state index is 0.167. The Labute approximate surface area is 188 Å². The van der Waals surface area contributed by atoms with E-state index in [1.807, 2.05) is 0 Å². The lowest BCUT2D eigenvalue weighted by atomic mass is 10.1. The zero-order valence-electron chi connectivity index (χ0n) is 17.9. The molecule has 1 saturated heterocycles. The summed E-state index contributed by atoms with van der Waals surface area (Å²) < 4.78 is 47.9. The van der Waals surface area contributed by atoms with Gasteiger partial charge < -0.3 is 19.3 Å². The zero-order valence-corrected chi connectivity index (χ0v) is 17.9. The van der Waals surface area contributed by atoms with E-state index in [9.17, 15) is 27.6 Å². The number of nitrogens with zero attached hydrogens (tertiary/aromatic N) is 2. The van der Waals surface area contributed by atoms with E-state index in [1.54, 1.807) is 11.8 Å². The molecule has 1 aliphatic heterocycles. The second-order valence-electron chi connectivity index (χ2n) is 7.32. The van der Waals surface area contributed by atoms with E-state index in [4.69, 9.17) is 9.47 Å². The Kier molecular flexibility index (Phi) is 7.57. The average molecular weight is 464 g/mol. The Bertz CT molecular complexity index is 991. The van der Waals surface area contributed by atoms with Gasteiger partial charge in [-0.2, -0.15) is 13.2 Å². The molecule has 0 unspecified atom stereocenters. The summed E-state index contributed by atoms with van der Waals surface area (Å²) in [5.41, 5.74) is -0.251. The van der Waals surface area contributed by atoms with Crippen LogP contribution in [0.5, 0.6) is 5.75 Å². The van der Waals surface area contributed by atoms with Gasteiger partial charge in [-0.15, -0.1) is 0 Å². The van der Waals surface area contributed by atoms with Crippen molar-refractivity contribution in [2.45, 2.75) is 19.5 Å². The number of halogens is 3. The predicted octanol–water partition coefficient (Wildman–Crippen LogP) is 4.23. The van der Waals surface area contributed by atoms with Crippen molar-refractivity contribution in [2.75, 3.05) is 32.8 Å². The first-order chi connectivity index (χ1) is 15.7. The van der Waals surface area contributed by atoms with Crippen molar-refractivity contribution >= 4 is 18.0 Å². The van der Waals surface area contributed by atoms with Crippen LogP contribution in [0, 0.1) is 0 Å². The third-order valence-corrected chi connectivity index (χ3v) is 5.09. The van der Waals surface area contributed by atoms with Crippen LogP contribution in [0.2, 0.25) is 0 Å². The fraction of sp³-hybridized carbons (Fsp3) is 0.348. The van der Waals surface area contributed by atoms with Gasteiger partial charge in [-0.05, 0) is 61.9 Å². The summed E-state index contributed by atoms with van der Waals surface area (Å²) in [6.45, 7) is 3.19. The number of carbonyl (C=O) groups excluding carboxylic acids is 3. The molecule has 7 nitrogen and oxygen atoms in total. The van der Waals surface area contributed by atoms with Crippen LogP contribution in [-0.2, 0) is 10.9 Å². The van der Waals surface area contributed by atoms with Crippen molar-refractivity contribution in [2.24, 2.45) is 0 Å². The van der Waals surface area contributed by atoms with Gasteiger partial charge in [0.15, 0.2) is 0 Å². The number of carbonyl (C=O) groups is 3. The number of alkyl halides is 3. The predicted molar refractivity (Wildman–Crippen MR) is 112 cm³/mol. The molecule has 0 aliphatic carbocycles. The van der Waals surface area contributed by atoms with Gasteiger partial charge in [0.1, 0.15) is 5.75 Å². The van der Waals surface area contributed by atoms with Crippen LogP contribution in [0.3, 0.4) is 0 Å². The van der Waals surface area contributed by atoms with Crippen molar-refractivity contribution in [3.05, 3.63) is 65.2 Å². The number of ether oxygens (including phenoxy) is 2. The third-order valence-electron chi connectivity index (χ3n) is 5.09. The maximum Gasteiger partial charge on any atom is 0.513 e. The molecule has 0 spiro atoms. The van der Waals surface area contributed by atoms with E-state index < -0.39 is 17.9 Å². The Morgan fingerprint density at radius 1 is 0.818 bits per heavy atom. The fourth-order valence-corrected chi connectivity index (χ4v) is 3.40. The van der Waals surface area contributed by atoms with Crippen LogP contribution in [0.4, 0.5) is 18.0 Å². The van der Waals surface area contributed by atoms with E-state index in [1.165, 1.54) is 41.3 Å². The molecule has 10 heteroatoms. The maximum absolute atomic E-state index is 12.8. The van der Waals surface area contributed by atoms with Gasteiger partial charge >= 0.3 is 12.3 Å². The molecule has 1 fully saturated rings. The topological polar surface area (TPSA) is 76.2 Å². The summed E-state index contributed by atoms with van der Waals surface area (Å²) >= 11 is 0. The van der Waals surface area contributed by atoms with Gasteiger partial charge in [0.2, 0.25) is 0 Å². The van der Waals surface area contributed by atoms with Crippen LogP contribution in [0.1, 0.15) is 39.6 Å². The lowest BCUT2D eigenvalue weighted by Gasteiger charge is -2.22. The molecule has 0 saturated carbocycles. The number of hydrogen-bond acceptors (Lipinski definition) is 5. The van der Waals surface area contributed by atoms with Crippen LogP contribution >= 0.6 is 0 Å². The SMILES string of the molecule is CCOC(=O)Oc1ccc(C(=O)N2CCCN(C(=O)c3ccc(C(F)(F)F)cc3)CC2)cc1. The summed E-state index contributed by atoms with van der Waals surface area (Å²) in [6, 6.07) is 10.1. The van der Waals surface area contributed by atoms with E-state index in [0.717, 1.165) is 12.1 Å². The van der Waals surface area contributed by atoms with Crippen molar-refractivity contribution in [1.82, 2.24) is 9.80 Å². The van der Waals surface area contributed by atoms with E-state index in [-0.39, 0.29) is 42.8 Å². The quantitative estimate of drug-likeness (QED) is 0.500. The van der Waals surface area contributed by atoms with Crippen LogP contribution in [0.15, 0.2) is 48.5 Å². The molecule has 0 N–H and O–H groups in total. The molecule has 0 atom stereocenters. The highest BCUT2D eigenvalue weighted by molar-refractivity contribution is 5.95. The first kappa shape index (κ1) is 24.1. The number of amides is 2. The molecule has 1 aliphatic rings. The highest BCUT2D eigenvalue weighted by atomic mass is 19.4. The van der Waals surface area contributed by atoms with Crippen molar-refractivity contribution in [3.8, 4) is 5.75 Å². The molecule has 1 heterocycles. The van der Waals surface area contributed by atoms with Gasteiger partial charge in [-0.25, -0.2) is 4.79 Å². The lowest BCUT2D eigenvalue weighted by molar-refractivity contribution is -0.137. The van der Waals surface area contributed by atoms with Crippen molar-refractivity contribution in [3.63, 3.8) is 0 Å². The van der Waals surface area contributed by atoms with Gasteiger partial charge in [0.05, 0.1) is 12.2 Å². The molecule has 0 radical (unpaired) electrons. The van der Waals surface area contributed by atoms with Crippen molar-refractivity contribution < 1.29 is 37.0 Å². The van der Waals surface area contributed by atoms with Gasteiger partial charge in [-0.3, -0.25) is 9.59 Å². The molecule has 2 aromatic rings. The maximum atomic E-state index is 12.8. The second kappa shape index (κ2) is 10.4. The van der Waals surface area contributed by atoms with Crippen molar-refractivity contribution in [1.29, 1.82) is 0 Å². The summed E-state index contributed by atoms with van der Waals surface area (Å²) in [7, 11) is 0. The number of rotatable bonds is 4. The molecule has 3 rings (SSSR count). The highest BCUT2D eigenvalue weighted by Crippen LogP contribution is 2.29. The van der Waals surface area contributed by atoms with Gasteiger partial charge in [-0.1, -0.05) is 0 Å². The van der Waals surface area contributed by atoms with Crippen LogP contribution < -0.4 is 4.74 Å². The highest BCUT2D eigenvalue weighted by Gasteiger charge is 2.30. The molecule has 2 aromatic carbocycles.